The number of rotatable bonds is 35. The van der Waals surface area contributed by atoms with E-state index in [0.717, 1.165) is 103 Å². The van der Waals surface area contributed by atoms with Gasteiger partial charge in [0.2, 0.25) is 5.91 Å². The lowest BCUT2D eigenvalue weighted by atomic mass is 9.99. The summed E-state index contributed by atoms with van der Waals surface area (Å²) in [6.07, 6.45) is 47.3. The van der Waals surface area contributed by atoms with Gasteiger partial charge in [-0.3, -0.25) is 4.79 Å². The van der Waals surface area contributed by atoms with Gasteiger partial charge in [-0.25, -0.2) is 0 Å². The number of allylic oxidation sites excluding steroid dienone is 15. The highest BCUT2D eigenvalue weighted by Crippen LogP contribution is 2.22. The molecule has 0 aromatic rings. The van der Waals surface area contributed by atoms with Crippen molar-refractivity contribution in [3.05, 3.63) is 97.2 Å². The maximum Gasteiger partial charge on any atom is 0.220 e. The number of unbranched alkanes of at least 4 members (excludes halogenated alkanes) is 11. The van der Waals surface area contributed by atoms with Crippen molar-refractivity contribution in [2.45, 2.75) is 192 Å². The fraction of sp³-hybridized carbons (Fsp3) is 0.653. The van der Waals surface area contributed by atoms with Crippen LogP contribution in [0.2, 0.25) is 0 Å². The Bertz CT molecular complexity index is 1220. The number of amides is 1. The van der Waals surface area contributed by atoms with Gasteiger partial charge in [0.05, 0.1) is 25.4 Å². The second-order valence-electron chi connectivity index (χ2n) is 15.1. The second-order valence-corrected chi connectivity index (χ2v) is 15.1. The number of carbonyl (C=O) groups is 1. The third kappa shape index (κ3) is 28.5. The summed E-state index contributed by atoms with van der Waals surface area (Å²) in [5, 5.41) is 54.1. The first kappa shape index (κ1) is 53.1. The van der Waals surface area contributed by atoms with Crippen LogP contribution in [-0.2, 0) is 14.3 Å². The molecular formula is C49H81NO8. The summed E-state index contributed by atoms with van der Waals surface area (Å²) in [5.41, 5.74) is 0. The Morgan fingerprint density at radius 3 is 1.66 bits per heavy atom. The Kier molecular flexibility index (Phi) is 35.1. The van der Waals surface area contributed by atoms with E-state index in [1.807, 2.05) is 6.08 Å². The number of aliphatic hydroxyl groups is 5. The van der Waals surface area contributed by atoms with Gasteiger partial charge in [0.25, 0.3) is 0 Å². The van der Waals surface area contributed by atoms with Crippen LogP contribution in [0.1, 0.15) is 149 Å². The molecule has 1 rings (SSSR count). The zero-order valence-corrected chi connectivity index (χ0v) is 36.0. The van der Waals surface area contributed by atoms with E-state index in [9.17, 15) is 30.3 Å². The van der Waals surface area contributed by atoms with Gasteiger partial charge < -0.3 is 40.3 Å². The number of ether oxygens (including phenoxy) is 2. The van der Waals surface area contributed by atoms with E-state index in [4.69, 9.17) is 9.47 Å². The summed E-state index contributed by atoms with van der Waals surface area (Å²) >= 11 is 0. The van der Waals surface area contributed by atoms with Crippen LogP contribution in [0.5, 0.6) is 0 Å². The van der Waals surface area contributed by atoms with E-state index in [-0.39, 0.29) is 12.5 Å². The van der Waals surface area contributed by atoms with Gasteiger partial charge in [0.15, 0.2) is 6.29 Å². The van der Waals surface area contributed by atoms with Crippen LogP contribution in [0.3, 0.4) is 0 Å². The van der Waals surface area contributed by atoms with Crippen LogP contribution in [0.4, 0.5) is 0 Å². The van der Waals surface area contributed by atoms with E-state index < -0.39 is 49.5 Å². The quantitative estimate of drug-likeness (QED) is 0.0274. The van der Waals surface area contributed by atoms with Crippen LogP contribution in [0.25, 0.3) is 0 Å². The fourth-order valence-corrected chi connectivity index (χ4v) is 6.27. The van der Waals surface area contributed by atoms with Gasteiger partial charge in [-0.15, -0.1) is 0 Å². The highest BCUT2D eigenvalue weighted by atomic mass is 16.7. The van der Waals surface area contributed by atoms with Crippen molar-refractivity contribution in [2.75, 3.05) is 13.2 Å². The maximum absolute atomic E-state index is 12.9. The Balaban J connectivity index is 2.41. The third-order valence-corrected chi connectivity index (χ3v) is 9.87. The first-order chi connectivity index (χ1) is 28.3. The predicted octanol–water partition coefficient (Wildman–Crippen LogP) is 9.33. The second kappa shape index (κ2) is 38.3. The monoisotopic (exact) mass is 812 g/mol. The molecule has 9 heteroatoms. The molecule has 0 bridgehead atoms. The van der Waals surface area contributed by atoms with E-state index in [0.29, 0.717) is 6.42 Å². The average molecular weight is 812 g/mol. The van der Waals surface area contributed by atoms with Gasteiger partial charge in [-0.05, 0) is 89.9 Å². The van der Waals surface area contributed by atoms with Gasteiger partial charge in [0.1, 0.15) is 24.4 Å². The van der Waals surface area contributed by atoms with Crippen molar-refractivity contribution >= 4 is 5.91 Å². The number of carbonyl (C=O) groups excluding carboxylic acids is 1. The predicted molar refractivity (Wildman–Crippen MR) is 239 cm³/mol. The zero-order chi connectivity index (χ0) is 42.3. The number of hydrogen-bond donors (Lipinski definition) is 6. The van der Waals surface area contributed by atoms with Crippen molar-refractivity contribution in [3.8, 4) is 0 Å². The van der Waals surface area contributed by atoms with Crippen molar-refractivity contribution in [1.82, 2.24) is 5.32 Å². The highest BCUT2D eigenvalue weighted by molar-refractivity contribution is 5.76. The molecule has 1 saturated heterocycles. The molecule has 0 aromatic carbocycles. The molecule has 1 aliphatic rings. The fourth-order valence-electron chi connectivity index (χ4n) is 6.27. The van der Waals surface area contributed by atoms with Crippen molar-refractivity contribution in [2.24, 2.45) is 0 Å². The van der Waals surface area contributed by atoms with Crippen LogP contribution in [0, 0.1) is 0 Å². The van der Waals surface area contributed by atoms with Crippen molar-refractivity contribution in [1.29, 1.82) is 0 Å². The number of aliphatic hydroxyl groups excluding tert-OH is 5. The summed E-state index contributed by atoms with van der Waals surface area (Å²) in [5.74, 6) is -0.216. The zero-order valence-electron chi connectivity index (χ0n) is 36.0. The normalized spacial score (nSPS) is 21.8. The molecule has 9 nitrogen and oxygen atoms in total. The van der Waals surface area contributed by atoms with Crippen LogP contribution in [-0.4, -0.2) is 87.5 Å². The van der Waals surface area contributed by atoms with E-state index >= 15 is 0 Å². The molecule has 7 atom stereocenters. The van der Waals surface area contributed by atoms with Gasteiger partial charge in [-0.1, -0.05) is 150 Å². The molecular weight excluding hydrogens is 731 g/mol. The molecule has 58 heavy (non-hydrogen) atoms. The van der Waals surface area contributed by atoms with Crippen molar-refractivity contribution < 1.29 is 39.8 Å². The molecule has 1 fully saturated rings. The SMILES string of the molecule is CC/C=C\C/C=C\C/C=C\C/C=C\C/C=C\CCCCCCCC(=O)NC(COC1OC(CO)C(O)C(O)C1O)C(O)/C=C/CC/C=C/CC/C=C/CCCCCC. The van der Waals surface area contributed by atoms with E-state index in [1.165, 1.54) is 25.7 Å². The number of hydrogen-bond acceptors (Lipinski definition) is 8. The lowest BCUT2D eigenvalue weighted by Gasteiger charge is -2.40. The molecule has 6 N–H and O–H groups in total. The summed E-state index contributed by atoms with van der Waals surface area (Å²) < 4.78 is 11.2. The Labute approximate surface area is 352 Å². The lowest BCUT2D eigenvalue weighted by molar-refractivity contribution is -0.302. The molecule has 0 spiro atoms. The Morgan fingerprint density at radius 1 is 0.603 bits per heavy atom. The van der Waals surface area contributed by atoms with Gasteiger partial charge in [-0.2, -0.15) is 0 Å². The highest BCUT2D eigenvalue weighted by Gasteiger charge is 2.44. The topological polar surface area (TPSA) is 149 Å². The first-order valence-electron chi connectivity index (χ1n) is 22.5. The minimum absolute atomic E-state index is 0.216. The molecule has 7 unspecified atom stereocenters. The summed E-state index contributed by atoms with van der Waals surface area (Å²) in [7, 11) is 0. The Hall–Kier alpha value is -2.89. The molecule has 1 heterocycles. The van der Waals surface area contributed by atoms with Crippen LogP contribution >= 0.6 is 0 Å². The van der Waals surface area contributed by atoms with Crippen LogP contribution in [0.15, 0.2) is 97.2 Å². The number of nitrogens with one attached hydrogen (secondary N) is 1. The average Bonchev–Trinajstić information content (AvgIpc) is 3.22. The standard InChI is InChI=1S/C49H81NO8/c1-3-5-7-9-11-13-15-17-19-20-21-22-23-24-25-27-29-31-33-35-37-39-45(53)50-42(41-57-49-48(56)47(55)46(54)44(40-51)58-49)43(52)38-36-34-32-30-28-26-18-16-14-12-10-8-6-4-2/h5,7,11,13-14,16-17,19,21-22,24-25,28,30,36,38,42-44,46-49,51-52,54-56H,3-4,6,8-10,12,15,18,20,23,26-27,29,31-35,37,39-41H2,1-2H3,(H,50,53)/b7-5-,13-11-,16-14+,19-17-,22-21-,25-24-,30-28+,38-36+. The molecule has 0 radical (unpaired) electrons. The molecule has 1 amide bonds. The summed E-state index contributed by atoms with van der Waals surface area (Å²) in [6, 6.07) is -0.844. The molecule has 0 aromatic heterocycles. The van der Waals surface area contributed by atoms with E-state index in [2.05, 4.69) is 104 Å². The van der Waals surface area contributed by atoms with E-state index in [1.54, 1.807) is 6.08 Å². The molecule has 0 saturated carbocycles. The minimum Gasteiger partial charge on any atom is -0.394 e. The summed E-state index contributed by atoms with van der Waals surface area (Å²) in [6.45, 7) is 3.57. The Morgan fingerprint density at radius 2 is 1.09 bits per heavy atom. The molecule has 1 aliphatic heterocycles. The first-order valence-corrected chi connectivity index (χ1v) is 22.5. The van der Waals surface area contributed by atoms with Crippen LogP contribution < -0.4 is 5.32 Å². The summed E-state index contributed by atoms with van der Waals surface area (Å²) in [4.78, 5) is 12.9. The minimum atomic E-state index is -1.58. The van der Waals surface area contributed by atoms with Gasteiger partial charge >= 0.3 is 0 Å². The van der Waals surface area contributed by atoms with Gasteiger partial charge in [0, 0.05) is 6.42 Å². The molecule has 0 aliphatic carbocycles. The van der Waals surface area contributed by atoms with Crippen molar-refractivity contribution in [3.63, 3.8) is 0 Å². The lowest BCUT2D eigenvalue weighted by Crippen LogP contribution is -2.60. The third-order valence-electron chi connectivity index (χ3n) is 9.87. The molecule has 330 valence electrons. The largest absolute Gasteiger partial charge is 0.394 e. The maximum atomic E-state index is 12.9. The smallest absolute Gasteiger partial charge is 0.220 e.